The quantitative estimate of drug-likeness (QED) is 0.0858. The molecule has 0 unspecified atom stereocenters. The van der Waals surface area contributed by atoms with Gasteiger partial charge in [-0.1, -0.05) is 117 Å². The second-order valence-corrected chi connectivity index (χ2v) is 17.3. The second kappa shape index (κ2) is 20.5. The van der Waals surface area contributed by atoms with Crippen LogP contribution >= 0.6 is 0 Å². The summed E-state index contributed by atoms with van der Waals surface area (Å²) >= 11 is 0. The highest BCUT2D eigenvalue weighted by molar-refractivity contribution is 5.43. The molecule has 0 amide bonds. The standard InChI is InChI=1S/C57H60O6/c1-37-10-38(2)15-46(14-37)31-60-54-24-50(25-55(29-54)61-32-47-16-39(3)11-40(4)17-47)35-58-52-22-45(9)23-53(28-52)59-36-51-26-56(62-33-48-18-41(5)12-42(6)19-48)30-57(27-51)63-34-49-20-43(7)13-44(8)21-49/h10-30H,31-36H2,1-9H3. The lowest BCUT2D eigenvalue weighted by Crippen LogP contribution is -2.03. The average molecular weight is 841 g/mol. The van der Waals surface area contributed by atoms with Crippen molar-refractivity contribution in [3.8, 4) is 34.5 Å². The summed E-state index contributed by atoms with van der Waals surface area (Å²) < 4.78 is 38.4. The summed E-state index contributed by atoms with van der Waals surface area (Å²) in [5.41, 5.74) is 17.1. The van der Waals surface area contributed by atoms with Crippen LogP contribution in [0.3, 0.4) is 0 Å². The molecule has 63 heavy (non-hydrogen) atoms. The van der Waals surface area contributed by atoms with Crippen LogP contribution in [0.4, 0.5) is 0 Å². The fourth-order valence-electron chi connectivity index (χ4n) is 8.25. The lowest BCUT2D eigenvalue weighted by atomic mass is 10.1. The van der Waals surface area contributed by atoms with Gasteiger partial charge in [-0.3, -0.25) is 0 Å². The van der Waals surface area contributed by atoms with Crippen molar-refractivity contribution in [3.05, 3.63) is 211 Å². The third-order valence-corrected chi connectivity index (χ3v) is 10.5. The van der Waals surface area contributed by atoms with E-state index in [-0.39, 0.29) is 0 Å². The Kier molecular flexibility index (Phi) is 14.4. The van der Waals surface area contributed by atoms with Gasteiger partial charge >= 0.3 is 0 Å². The van der Waals surface area contributed by atoms with Crippen molar-refractivity contribution in [1.82, 2.24) is 0 Å². The molecule has 0 radical (unpaired) electrons. The number of ether oxygens (including phenoxy) is 6. The van der Waals surface area contributed by atoms with E-state index in [1.165, 1.54) is 44.5 Å². The van der Waals surface area contributed by atoms with Gasteiger partial charge in [0.1, 0.15) is 74.1 Å². The Balaban J connectivity index is 1.06. The van der Waals surface area contributed by atoms with E-state index in [1.54, 1.807) is 0 Å². The first-order valence-corrected chi connectivity index (χ1v) is 21.7. The molecule has 0 saturated heterocycles. The molecule has 0 aliphatic heterocycles. The van der Waals surface area contributed by atoms with Crippen LogP contribution in [0.25, 0.3) is 0 Å². The van der Waals surface area contributed by atoms with E-state index in [4.69, 9.17) is 28.4 Å². The number of aryl methyl sites for hydroxylation is 9. The molecular formula is C57H60O6. The van der Waals surface area contributed by atoms with E-state index >= 15 is 0 Å². The van der Waals surface area contributed by atoms with Gasteiger partial charge in [-0.05, 0) is 138 Å². The van der Waals surface area contributed by atoms with E-state index in [0.717, 1.165) is 61.9 Å². The molecule has 0 N–H and O–H groups in total. The molecule has 0 aliphatic carbocycles. The first-order valence-electron chi connectivity index (χ1n) is 21.7. The molecule has 0 saturated carbocycles. The molecule has 0 aromatic heterocycles. The molecule has 0 heterocycles. The lowest BCUT2D eigenvalue weighted by molar-refractivity contribution is 0.276. The van der Waals surface area contributed by atoms with Gasteiger partial charge in [0.15, 0.2) is 0 Å². The highest BCUT2D eigenvalue weighted by Gasteiger charge is 2.11. The molecule has 0 atom stereocenters. The van der Waals surface area contributed by atoms with Crippen molar-refractivity contribution < 1.29 is 28.4 Å². The minimum atomic E-state index is 0.310. The van der Waals surface area contributed by atoms with Crippen LogP contribution in [0.1, 0.15) is 83.5 Å². The molecule has 0 spiro atoms. The van der Waals surface area contributed by atoms with Gasteiger partial charge in [-0.15, -0.1) is 0 Å². The zero-order valence-electron chi connectivity index (χ0n) is 38.3. The molecule has 6 nitrogen and oxygen atoms in total. The van der Waals surface area contributed by atoms with Crippen LogP contribution in [0, 0.1) is 62.3 Å². The number of hydrogen-bond donors (Lipinski definition) is 0. The van der Waals surface area contributed by atoms with E-state index in [1.807, 2.05) is 61.5 Å². The Labute approximate surface area is 374 Å². The molecule has 7 aromatic carbocycles. The highest BCUT2D eigenvalue weighted by atomic mass is 16.5. The Morgan fingerprint density at radius 2 is 0.349 bits per heavy atom. The van der Waals surface area contributed by atoms with Crippen molar-refractivity contribution >= 4 is 0 Å². The molecule has 324 valence electrons. The van der Waals surface area contributed by atoms with Crippen molar-refractivity contribution in [1.29, 1.82) is 0 Å². The predicted octanol–water partition coefficient (Wildman–Crippen LogP) is 13.9. The van der Waals surface area contributed by atoms with Crippen LogP contribution in [0.5, 0.6) is 34.5 Å². The Hall–Kier alpha value is -6.66. The fraction of sp³-hybridized carbons (Fsp3) is 0.263. The Morgan fingerprint density at radius 1 is 0.190 bits per heavy atom. The van der Waals surface area contributed by atoms with Crippen molar-refractivity contribution in [3.63, 3.8) is 0 Å². The van der Waals surface area contributed by atoms with Gasteiger partial charge in [0.25, 0.3) is 0 Å². The second-order valence-electron chi connectivity index (χ2n) is 17.3. The smallest absolute Gasteiger partial charge is 0.123 e. The largest absolute Gasteiger partial charge is 0.489 e. The number of hydrogen-bond acceptors (Lipinski definition) is 6. The van der Waals surface area contributed by atoms with Crippen LogP contribution in [0.15, 0.2) is 127 Å². The van der Waals surface area contributed by atoms with E-state index in [0.29, 0.717) is 51.1 Å². The zero-order valence-corrected chi connectivity index (χ0v) is 38.3. The Bertz CT molecular complexity index is 2290. The van der Waals surface area contributed by atoms with Crippen LogP contribution in [0.2, 0.25) is 0 Å². The van der Waals surface area contributed by atoms with E-state index < -0.39 is 0 Å². The summed E-state index contributed by atoms with van der Waals surface area (Å²) in [6.07, 6.45) is 0. The maximum atomic E-state index is 6.45. The normalized spacial score (nSPS) is 11.0. The molecule has 7 aromatic rings. The predicted molar refractivity (Wildman–Crippen MR) is 254 cm³/mol. The van der Waals surface area contributed by atoms with Gasteiger partial charge < -0.3 is 28.4 Å². The summed E-state index contributed by atoms with van der Waals surface area (Å²) in [4.78, 5) is 0. The third-order valence-electron chi connectivity index (χ3n) is 10.5. The van der Waals surface area contributed by atoms with Crippen molar-refractivity contribution in [2.45, 2.75) is 102 Å². The molecule has 0 aliphatic rings. The van der Waals surface area contributed by atoms with Gasteiger partial charge in [-0.25, -0.2) is 0 Å². The number of benzene rings is 7. The molecule has 0 fully saturated rings. The molecule has 6 heteroatoms. The zero-order chi connectivity index (χ0) is 44.5. The van der Waals surface area contributed by atoms with Crippen LogP contribution < -0.4 is 28.4 Å². The topological polar surface area (TPSA) is 55.4 Å². The summed E-state index contributed by atoms with van der Waals surface area (Å²) in [5, 5.41) is 0. The molecule has 0 bridgehead atoms. The minimum Gasteiger partial charge on any atom is -0.489 e. The van der Waals surface area contributed by atoms with Crippen molar-refractivity contribution in [2.24, 2.45) is 0 Å². The first-order chi connectivity index (χ1) is 30.2. The summed E-state index contributed by atoms with van der Waals surface area (Å²) in [5.74, 6) is 4.28. The Morgan fingerprint density at radius 3 is 0.556 bits per heavy atom. The van der Waals surface area contributed by atoms with E-state index in [2.05, 4.69) is 128 Å². The maximum Gasteiger partial charge on any atom is 0.123 e. The highest BCUT2D eigenvalue weighted by Crippen LogP contribution is 2.30. The number of rotatable bonds is 18. The monoisotopic (exact) mass is 840 g/mol. The molecular weight excluding hydrogens is 781 g/mol. The maximum absolute atomic E-state index is 6.45. The lowest BCUT2D eigenvalue weighted by Gasteiger charge is -2.16. The fourth-order valence-corrected chi connectivity index (χ4v) is 8.25. The summed E-state index contributed by atoms with van der Waals surface area (Å²) in [7, 11) is 0. The third kappa shape index (κ3) is 13.7. The SMILES string of the molecule is Cc1cc(C)cc(COc2cc(COc3cc(C)cc(OCc4cc(OCc5cc(C)cc(C)c5)cc(OCc5cc(C)cc(C)c5)c4)c3)cc(OCc3cc(C)cc(C)c3)c2)c1. The molecule has 7 rings (SSSR count). The average Bonchev–Trinajstić information content (AvgIpc) is 3.20. The van der Waals surface area contributed by atoms with Crippen LogP contribution in [-0.2, 0) is 39.6 Å². The van der Waals surface area contributed by atoms with Gasteiger partial charge in [0.2, 0.25) is 0 Å². The van der Waals surface area contributed by atoms with Crippen LogP contribution in [-0.4, -0.2) is 0 Å². The van der Waals surface area contributed by atoms with Gasteiger partial charge in [0, 0.05) is 18.2 Å². The summed E-state index contributed by atoms with van der Waals surface area (Å²) in [6, 6.07) is 43.9. The van der Waals surface area contributed by atoms with E-state index in [9.17, 15) is 0 Å². The van der Waals surface area contributed by atoms with Gasteiger partial charge in [-0.2, -0.15) is 0 Å². The first kappa shape index (κ1) is 44.4. The summed E-state index contributed by atoms with van der Waals surface area (Å²) in [6.45, 7) is 21.3. The minimum absolute atomic E-state index is 0.310. The van der Waals surface area contributed by atoms with Gasteiger partial charge in [0.05, 0.1) is 0 Å². The van der Waals surface area contributed by atoms with Crippen molar-refractivity contribution in [2.75, 3.05) is 0 Å².